The molecule has 0 spiro atoms. The fourth-order valence-corrected chi connectivity index (χ4v) is 5.32. The van der Waals surface area contributed by atoms with Gasteiger partial charge in [-0.15, -0.1) is 0 Å². The SMILES string of the molecule is CN.COCC(C)C(Cc1cccc(-c2ccccc2)c1F)C(NSCF)C1(CNC=O)CC1. The molecule has 3 unspecified atom stereocenters. The second kappa shape index (κ2) is 14.4. The molecular weight excluding hydrogens is 456 g/mol. The highest BCUT2D eigenvalue weighted by atomic mass is 32.2. The Labute approximate surface area is 206 Å². The minimum atomic E-state index is -0.559. The van der Waals surface area contributed by atoms with Crippen LogP contribution >= 0.6 is 11.9 Å². The smallest absolute Gasteiger partial charge is 0.207 e. The number of hydrogen-bond donors (Lipinski definition) is 3. The second-order valence-electron chi connectivity index (χ2n) is 8.66. The van der Waals surface area contributed by atoms with Gasteiger partial charge in [0, 0.05) is 37.3 Å². The molecule has 0 heterocycles. The third-order valence-electron chi connectivity index (χ3n) is 6.56. The lowest BCUT2D eigenvalue weighted by Crippen LogP contribution is -2.48. The number of nitrogens with one attached hydrogen (secondary N) is 2. The molecule has 1 aliphatic rings. The molecule has 0 saturated heterocycles. The van der Waals surface area contributed by atoms with Gasteiger partial charge in [0.1, 0.15) is 11.8 Å². The van der Waals surface area contributed by atoms with Crippen molar-refractivity contribution in [2.45, 2.75) is 32.2 Å². The first kappa shape index (κ1) is 28.2. The van der Waals surface area contributed by atoms with Crippen molar-refractivity contribution in [3.05, 3.63) is 59.9 Å². The van der Waals surface area contributed by atoms with Crippen LogP contribution in [0.5, 0.6) is 0 Å². The van der Waals surface area contributed by atoms with E-state index >= 15 is 4.39 Å². The Hall–Kier alpha value is -2.00. The van der Waals surface area contributed by atoms with E-state index in [9.17, 15) is 9.18 Å². The Balaban J connectivity index is 0.00000199. The molecule has 1 saturated carbocycles. The minimum Gasteiger partial charge on any atom is -0.384 e. The molecular formula is C26H37F2N3O2S. The standard InChI is InChI=1S/C25H32F2N2O2S.CH5N/c1-18(14-31-2)22(24(29-32-16-26)25(11-12-25)15-28-17-30)13-20-9-6-10-21(23(20)27)19-7-4-3-5-8-19;1-2/h3-10,17-18,22,24,29H,11-16H2,1-2H3,(H,28,30);2H2,1H3. The molecule has 5 nitrogen and oxygen atoms in total. The number of benzene rings is 2. The van der Waals surface area contributed by atoms with E-state index in [1.54, 1.807) is 13.2 Å². The molecule has 1 fully saturated rings. The Morgan fingerprint density at radius 3 is 2.47 bits per heavy atom. The molecule has 1 amide bonds. The van der Waals surface area contributed by atoms with Crippen LogP contribution in [0, 0.1) is 23.1 Å². The molecule has 3 rings (SSSR count). The first-order valence-electron chi connectivity index (χ1n) is 11.6. The highest BCUT2D eigenvalue weighted by molar-refractivity contribution is 7.97. The molecule has 2 aromatic carbocycles. The van der Waals surface area contributed by atoms with Gasteiger partial charge in [-0.1, -0.05) is 55.5 Å². The highest BCUT2D eigenvalue weighted by Crippen LogP contribution is 2.52. The molecule has 188 valence electrons. The van der Waals surface area contributed by atoms with Gasteiger partial charge in [0.25, 0.3) is 0 Å². The lowest BCUT2D eigenvalue weighted by molar-refractivity contribution is -0.109. The molecule has 0 bridgehead atoms. The van der Waals surface area contributed by atoms with E-state index in [1.165, 1.54) is 7.05 Å². The summed E-state index contributed by atoms with van der Waals surface area (Å²) in [5, 5.41) is 2.81. The van der Waals surface area contributed by atoms with Crippen LogP contribution in [0.2, 0.25) is 0 Å². The first-order chi connectivity index (χ1) is 16.6. The minimum absolute atomic E-state index is 0.00882. The Kier molecular flexibility index (Phi) is 12.0. The van der Waals surface area contributed by atoms with Gasteiger partial charge in [-0.2, -0.15) is 0 Å². The van der Waals surface area contributed by atoms with Crippen molar-refractivity contribution >= 4 is 18.4 Å². The van der Waals surface area contributed by atoms with Gasteiger partial charge >= 0.3 is 0 Å². The predicted octanol–water partition coefficient (Wildman–Crippen LogP) is 4.57. The zero-order valence-corrected chi connectivity index (χ0v) is 21.0. The van der Waals surface area contributed by atoms with E-state index in [1.807, 2.05) is 42.5 Å². The lowest BCUT2D eigenvalue weighted by atomic mass is 9.75. The monoisotopic (exact) mass is 493 g/mol. The third kappa shape index (κ3) is 7.25. The fourth-order valence-electron chi connectivity index (χ4n) is 4.66. The van der Waals surface area contributed by atoms with Crippen LogP contribution in [-0.2, 0) is 16.0 Å². The Morgan fingerprint density at radius 1 is 1.18 bits per heavy atom. The summed E-state index contributed by atoms with van der Waals surface area (Å²) in [6, 6.07) is 14.4. The summed E-state index contributed by atoms with van der Waals surface area (Å²) in [6.07, 6.45) is 3.06. The maximum Gasteiger partial charge on any atom is 0.207 e. The van der Waals surface area contributed by atoms with Crippen LogP contribution in [0.3, 0.4) is 0 Å². The number of carbonyl (C=O) groups is 1. The Morgan fingerprint density at radius 2 is 1.88 bits per heavy atom. The normalized spacial score (nSPS) is 16.5. The maximum absolute atomic E-state index is 15.6. The summed E-state index contributed by atoms with van der Waals surface area (Å²) in [7, 11) is 3.16. The fraction of sp³-hybridized carbons (Fsp3) is 0.500. The largest absolute Gasteiger partial charge is 0.384 e. The third-order valence-corrected chi connectivity index (χ3v) is 7.09. The number of hydrogen-bond acceptors (Lipinski definition) is 5. The number of rotatable bonds is 14. The molecule has 2 aromatic rings. The molecule has 0 aliphatic heterocycles. The first-order valence-corrected chi connectivity index (χ1v) is 12.5. The zero-order valence-electron chi connectivity index (χ0n) is 20.2. The average molecular weight is 494 g/mol. The molecule has 8 heteroatoms. The summed E-state index contributed by atoms with van der Waals surface area (Å²) < 4.78 is 37.5. The van der Waals surface area contributed by atoms with E-state index in [4.69, 9.17) is 4.74 Å². The summed E-state index contributed by atoms with van der Waals surface area (Å²) in [5.41, 5.74) is 6.39. The van der Waals surface area contributed by atoms with E-state index in [-0.39, 0.29) is 29.1 Å². The van der Waals surface area contributed by atoms with Crippen LogP contribution < -0.4 is 15.8 Å². The number of nitrogens with two attached hydrogens (primary N) is 1. The van der Waals surface area contributed by atoms with Crippen molar-refractivity contribution in [1.82, 2.24) is 10.0 Å². The molecule has 0 radical (unpaired) electrons. The highest BCUT2D eigenvalue weighted by Gasteiger charge is 2.52. The lowest BCUT2D eigenvalue weighted by Gasteiger charge is -2.38. The van der Waals surface area contributed by atoms with Crippen LogP contribution in [0.4, 0.5) is 8.78 Å². The van der Waals surface area contributed by atoms with Gasteiger partial charge in [-0.25, -0.2) is 8.78 Å². The number of methoxy groups -OCH3 is 1. The summed E-state index contributed by atoms with van der Waals surface area (Å²) in [5.74, 6) is -0.127. The summed E-state index contributed by atoms with van der Waals surface area (Å²) in [6.45, 7) is 3.12. The second-order valence-corrected chi connectivity index (χ2v) is 9.40. The molecule has 4 N–H and O–H groups in total. The Bertz CT molecular complexity index is 868. The molecule has 0 aromatic heterocycles. The maximum atomic E-state index is 15.6. The van der Waals surface area contributed by atoms with Gasteiger partial charge in [0.15, 0.2) is 0 Å². The van der Waals surface area contributed by atoms with Gasteiger partial charge < -0.3 is 15.8 Å². The topological polar surface area (TPSA) is 76.4 Å². The summed E-state index contributed by atoms with van der Waals surface area (Å²) in [4.78, 5) is 11.0. The van der Waals surface area contributed by atoms with Gasteiger partial charge in [-0.3, -0.25) is 9.52 Å². The van der Waals surface area contributed by atoms with Crippen LogP contribution in [-0.4, -0.2) is 45.8 Å². The van der Waals surface area contributed by atoms with E-state index in [2.05, 4.69) is 22.7 Å². The number of alkyl halides is 1. The summed E-state index contributed by atoms with van der Waals surface area (Å²) >= 11 is 1.03. The van der Waals surface area contributed by atoms with Gasteiger partial charge in [-0.05, 0) is 61.2 Å². The average Bonchev–Trinajstić information content (AvgIpc) is 3.66. The number of ether oxygens (including phenoxy) is 1. The van der Waals surface area contributed by atoms with Crippen molar-refractivity contribution in [3.63, 3.8) is 0 Å². The van der Waals surface area contributed by atoms with Crippen molar-refractivity contribution in [3.8, 4) is 11.1 Å². The van der Waals surface area contributed by atoms with Gasteiger partial charge in [0.2, 0.25) is 6.41 Å². The zero-order chi connectivity index (χ0) is 25.0. The van der Waals surface area contributed by atoms with E-state index in [0.717, 1.165) is 30.4 Å². The number of amides is 1. The van der Waals surface area contributed by atoms with E-state index in [0.29, 0.717) is 37.1 Å². The quantitative estimate of drug-likeness (QED) is 0.266. The number of halogens is 2. The van der Waals surface area contributed by atoms with Crippen LogP contribution in [0.1, 0.15) is 25.3 Å². The predicted molar refractivity (Wildman–Crippen MR) is 136 cm³/mol. The molecule has 1 aliphatic carbocycles. The van der Waals surface area contributed by atoms with Gasteiger partial charge in [0.05, 0.1) is 0 Å². The van der Waals surface area contributed by atoms with Crippen molar-refractivity contribution in [1.29, 1.82) is 0 Å². The van der Waals surface area contributed by atoms with Crippen LogP contribution in [0.15, 0.2) is 48.5 Å². The molecule has 34 heavy (non-hydrogen) atoms. The van der Waals surface area contributed by atoms with Crippen LogP contribution in [0.25, 0.3) is 11.1 Å². The molecule has 3 atom stereocenters. The van der Waals surface area contributed by atoms with E-state index < -0.39 is 6.01 Å². The number of carbonyl (C=O) groups excluding carboxylic acids is 1. The van der Waals surface area contributed by atoms with Crippen molar-refractivity contribution < 1.29 is 18.3 Å². The van der Waals surface area contributed by atoms with Crippen molar-refractivity contribution in [2.24, 2.45) is 23.0 Å². The van der Waals surface area contributed by atoms with Crippen molar-refractivity contribution in [2.75, 3.05) is 33.3 Å².